The molecule has 32 heavy (non-hydrogen) atoms. The van der Waals surface area contributed by atoms with Crippen molar-refractivity contribution in [3.63, 3.8) is 0 Å². The number of aromatic nitrogens is 2. The molecule has 2 atom stereocenters. The molecule has 178 valence electrons. The van der Waals surface area contributed by atoms with E-state index in [1.54, 1.807) is 12.4 Å². The van der Waals surface area contributed by atoms with Gasteiger partial charge in [0.05, 0.1) is 12.4 Å². The van der Waals surface area contributed by atoms with Gasteiger partial charge in [-0.1, -0.05) is 103 Å². The number of ether oxygens (including phenoxy) is 1. The third-order valence-corrected chi connectivity index (χ3v) is 6.20. The van der Waals surface area contributed by atoms with Crippen molar-refractivity contribution in [2.75, 3.05) is 6.61 Å². The molecule has 0 aliphatic carbocycles. The number of benzene rings is 1. The van der Waals surface area contributed by atoms with Crippen molar-refractivity contribution in [1.82, 2.24) is 9.97 Å². The molecular formula is C28H43FN2O. The number of rotatable bonds is 17. The van der Waals surface area contributed by atoms with Gasteiger partial charge >= 0.3 is 0 Å². The first-order valence-corrected chi connectivity index (χ1v) is 12.8. The molecule has 0 amide bonds. The fourth-order valence-corrected chi connectivity index (χ4v) is 3.86. The standard InChI is InChI=1S/C28H43FN2O/c1-4-6-7-8-9-10-11-12-13-14-24-15-17-25(18-16-24)28-30-20-27(21-31-28)32-22-26(29)19-23(3)5-2/h15-18,20-21,23,26H,4-14,19,22H2,1-3H3. The highest BCUT2D eigenvalue weighted by Crippen LogP contribution is 2.20. The van der Waals surface area contributed by atoms with Crippen LogP contribution in [-0.4, -0.2) is 22.7 Å². The van der Waals surface area contributed by atoms with Gasteiger partial charge in [0.2, 0.25) is 0 Å². The van der Waals surface area contributed by atoms with E-state index in [4.69, 9.17) is 4.74 Å². The Morgan fingerprint density at radius 1 is 0.844 bits per heavy atom. The average Bonchev–Trinajstić information content (AvgIpc) is 2.82. The Balaban J connectivity index is 1.68. The summed E-state index contributed by atoms with van der Waals surface area (Å²) in [5.41, 5.74) is 2.36. The average molecular weight is 443 g/mol. The zero-order valence-electron chi connectivity index (χ0n) is 20.5. The van der Waals surface area contributed by atoms with Crippen LogP contribution in [0.2, 0.25) is 0 Å². The van der Waals surface area contributed by atoms with Crippen molar-refractivity contribution < 1.29 is 9.13 Å². The molecule has 1 aromatic heterocycles. The number of nitrogens with zero attached hydrogens (tertiary/aromatic N) is 2. The van der Waals surface area contributed by atoms with Crippen LogP contribution in [0.1, 0.15) is 97.0 Å². The van der Waals surface area contributed by atoms with Crippen molar-refractivity contribution in [3.05, 3.63) is 42.2 Å². The predicted molar refractivity (Wildman–Crippen MR) is 133 cm³/mol. The number of hydrogen-bond donors (Lipinski definition) is 0. The first-order chi connectivity index (χ1) is 15.6. The van der Waals surface area contributed by atoms with Gasteiger partial charge in [0.25, 0.3) is 0 Å². The first-order valence-electron chi connectivity index (χ1n) is 12.8. The Kier molecular flexibility index (Phi) is 13.0. The summed E-state index contributed by atoms with van der Waals surface area (Å²) in [6.07, 6.45) is 17.2. The van der Waals surface area contributed by atoms with E-state index in [1.807, 2.05) is 0 Å². The van der Waals surface area contributed by atoms with Crippen molar-refractivity contribution in [1.29, 1.82) is 0 Å². The van der Waals surface area contributed by atoms with Crippen LogP contribution in [0.5, 0.6) is 5.75 Å². The number of alkyl halides is 1. The Labute approximate surface area is 195 Å². The maximum Gasteiger partial charge on any atom is 0.159 e. The summed E-state index contributed by atoms with van der Waals surface area (Å²) in [6, 6.07) is 8.53. The molecule has 0 aliphatic rings. The maximum atomic E-state index is 13.9. The lowest BCUT2D eigenvalue weighted by atomic mass is 10.0. The summed E-state index contributed by atoms with van der Waals surface area (Å²) in [5, 5.41) is 0. The monoisotopic (exact) mass is 442 g/mol. The minimum atomic E-state index is -0.956. The Morgan fingerprint density at radius 2 is 1.44 bits per heavy atom. The molecule has 0 fully saturated rings. The SMILES string of the molecule is CCCCCCCCCCCc1ccc(-c2ncc(OCC(F)CC(C)CC)cn2)cc1. The van der Waals surface area contributed by atoms with Gasteiger partial charge in [-0.3, -0.25) is 0 Å². The molecule has 2 unspecified atom stereocenters. The summed E-state index contributed by atoms with van der Waals surface area (Å²) in [4.78, 5) is 8.80. The Morgan fingerprint density at radius 3 is 2.03 bits per heavy atom. The van der Waals surface area contributed by atoms with Gasteiger partial charge in [-0.2, -0.15) is 0 Å². The lowest BCUT2D eigenvalue weighted by Gasteiger charge is -2.13. The van der Waals surface area contributed by atoms with Crippen LogP contribution in [0.4, 0.5) is 4.39 Å². The Hall–Kier alpha value is -1.97. The van der Waals surface area contributed by atoms with Crippen molar-refractivity contribution in [3.8, 4) is 17.1 Å². The maximum absolute atomic E-state index is 13.9. The van der Waals surface area contributed by atoms with E-state index < -0.39 is 6.17 Å². The van der Waals surface area contributed by atoms with E-state index in [-0.39, 0.29) is 6.61 Å². The molecule has 0 radical (unpaired) electrons. The normalized spacial score (nSPS) is 13.1. The second-order valence-corrected chi connectivity index (χ2v) is 9.18. The number of unbranched alkanes of at least 4 members (excludes halogenated alkanes) is 8. The van der Waals surface area contributed by atoms with Gasteiger partial charge in [-0.25, -0.2) is 14.4 Å². The molecule has 0 bridgehead atoms. The van der Waals surface area contributed by atoms with Crippen LogP contribution in [0.3, 0.4) is 0 Å². The minimum absolute atomic E-state index is 0.0562. The van der Waals surface area contributed by atoms with E-state index >= 15 is 0 Å². The van der Waals surface area contributed by atoms with Gasteiger partial charge in [0, 0.05) is 5.56 Å². The van der Waals surface area contributed by atoms with Crippen LogP contribution in [0.25, 0.3) is 11.4 Å². The number of halogens is 1. The van der Waals surface area contributed by atoms with Gasteiger partial charge in [0.1, 0.15) is 12.8 Å². The van der Waals surface area contributed by atoms with Crippen LogP contribution < -0.4 is 4.74 Å². The van der Waals surface area contributed by atoms with Crippen molar-refractivity contribution in [2.45, 2.75) is 104 Å². The third kappa shape index (κ3) is 10.6. The fraction of sp³-hybridized carbons (Fsp3) is 0.643. The molecule has 3 nitrogen and oxygen atoms in total. The van der Waals surface area contributed by atoms with Gasteiger partial charge in [-0.05, 0) is 30.7 Å². The van der Waals surface area contributed by atoms with Gasteiger partial charge in [-0.15, -0.1) is 0 Å². The second-order valence-electron chi connectivity index (χ2n) is 9.18. The minimum Gasteiger partial charge on any atom is -0.487 e. The topological polar surface area (TPSA) is 35.0 Å². The third-order valence-electron chi connectivity index (χ3n) is 6.20. The first kappa shape index (κ1) is 26.3. The number of hydrogen-bond acceptors (Lipinski definition) is 3. The highest BCUT2D eigenvalue weighted by Gasteiger charge is 2.12. The fourth-order valence-electron chi connectivity index (χ4n) is 3.86. The summed E-state index contributed by atoms with van der Waals surface area (Å²) in [5.74, 6) is 1.56. The lowest BCUT2D eigenvalue weighted by molar-refractivity contribution is 0.169. The van der Waals surface area contributed by atoms with E-state index in [9.17, 15) is 4.39 Å². The highest BCUT2D eigenvalue weighted by molar-refractivity contribution is 5.55. The molecule has 4 heteroatoms. The molecular weight excluding hydrogens is 399 g/mol. The van der Waals surface area contributed by atoms with Crippen molar-refractivity contribution >= 4 is 0 Å². The zero-order chi connectivity index (χ0) is 23.0. The Bertz CT molecular complexity index is 717. The van der Waals surface area contributed by atoms with Crippen LogP contribution in [0, 0.1) is 5.92 Å². The van der Waals surface area contributed by atoms with E-state index in [0.29, 0.717) is 23.9 Å². The zero-order valence-corrected chi connectivity index (χ0v) is 20.5. The van der Waals surface area contributed by atoms with Crippen LogP contribution in [-0.2, 0) is 6.42 Å². The predicted octanol–water partition coefficient (Wildman–Crippen LogP) is 8.37. The van der Waals surface area contributed by atoms with Crippen LogP contribution >= 0.6 is 0 Å². The molecule has 0 spiro atoms. The quantitative estimate of drug-likeness (QED) is 0.231. The van der Waals surface area contributed by atoms with Crippen LogP contribution in [0.15, 0.2) is 36.7 Å². The second kappa shape index (κ2) is 15.8. The highest BCUT2D eigenvalue weighted by atomic mass is 19.1. The molecule has 1 aromatic carbocycles. The molecule has 2 rings (SSSR count). The lowest BCUT2D eigenvalue weighted by Crippen LogP contribution is -2.16. The van der Waals surface area contributed by atoms with E-state index in [1.165, 1.54) is 63.4 Å². The summed E-state index contributed by atoms with van der Waals surface area (Å²) >= 11 is 0. The summed E-state index contributed by atoms with van der Waals surface area (Å²) in [7, 11) is 0. The summed E-state index contributed by atoms with van der Waals surface area (Å²) in [6.45, 7) is 6.46. The van der Waals surface area contributed by atoms with Gasteiger partial charge < -0.3 is 4.74 Å². The van der Waals surface area contributed by atoms with E-state index in [2.05, 4.69) is 55.0 Å². The molecule has 1 heterocycles. The van der Waals surface area contributed by atoms with E-state index in [0.717, 1.165) is 18.4 Å². The largest absolute Gasteiger partial charge is 0.487 e. The number of aryl methyl sites for hydroxylation is 1. The smallest absolute Gasteiger partial charge is 0.159 e. The molecule has 2 aromatic rings. The molecule has 0 aliphatic heterocycles. The van der Waals surface area contributed by atoms with Crippen molar-refractivity contribution in [2.24, 2.45) is 5.92 Å². The molecule has 0 N–H and O–H groups in total. The van der Waals surface area contributed by atoms with Gasteiger partial charge in [0.15, 0.2) is 11.6 Å². The molecule has 0 saturated carbocycles. The molecule has 0 saturated heterocycles. The summed E-state index contributed by atoms with van der Waals surface area (Å²) < 4.78 is 19.5.